The summed E-state index contributed by atoms with van der Waals surface area (Å²) in [5.41, 5.74) is 0.0377. The van der Waals surface area contributed by atoms with Crippen LogP contribution in [-0.2, 0) is 9.53 Å². The van der Waals surface area contributed by atoms with Crippen molar-refractivity contribution in [3.63, 3.8) is 0 Å². The molecular weight excluding hydrogens is 128 g/mol. The van der Waals surface area contributed by atoms with Gasteiger partial charge < -0.3 is 4.74 Å². The molecule has 0 aromatic carbocycles. The Bertz CT molecular complexity index is 136. The van der Waals surface area contributed by atoms with E-state index in [4.69, 9.17) is 4.74 Å². The third-order valence-corrected chi connectivity index (χ3v) is 2.39. The van der Waals surface area contributed by atoms with Gasteiger partial charge in [-0.2, -0.15) is 0 Å². The maximum atomic E-state index is 11.0. The van der Waals surface area contributed by atoms with Gasteiger partial charge in [0.15, 0.2) is 0 Å². The molecule has 0 atom stereocenters. The Morgan fingerprint density at radius 2 is 2.20 bits per heavy atom. The lowest BCUT2D eigenvalue weighted by Crippen LogP contribution is -2.13. The van der Waals surface area contributed by atoms with Gasteiger partial charge in [0.25, 0.3) is 0 Å². The number of hydrogen-bond donors (Lipinski definition) is 0. The predicted molar refractivity (Wildman–Crippen MR) is 38.8 cm³/mol. The van der Waals surface area contributed by atoms with Gasteiger partial charge in [-0.25, -0.2) is 0 Å². The standard InChI is InChI=1S/C8H14O2/c1-7(9)8(3-4-8)5-6-10-2/h3-6H2,1-2H3. The van der Waals surface area contributed by atoms with E-state index in [0.29, 0.717) is 5.78 Å². The summed E-state index contributed by atoms with van der Waals surface area (Å²) in [5, 5.41) is 0. The molecular formula is C8H14O2. The van der Waals surface area contributed by atoms with Gasteiger partial charge in [-0.05, 0) is 26.2 Å². The lowest BCUT2D eigenvalue weighted by Gasteiger charge is -2.08. The fourth-order valence-electron chi connectivity index (χ4n) is 1.23. The van der Waals surface area contributed by atoms with Crippen LogP contribution in [0.4, 0.5) is 0 Å². The lowest BCUT2D eigenvalue weighted by molar-refractivity contribution is -0.122. The van der Waals surface area contributed by atoms with E-state index in [1.807, 2.05) is 0 Å². The van der Waals surface area contributed by atoms with Crippen molar-refractivity contribution in [3.05, 3.63) is 0 Å². The van der Waals surface area contributed by atoms with Crippen molar-refractivity contribution in [2.45, 2.75) is 26.2 Å². The van der Waals surface area contributed by atoms with Crippen molar-refractivity contribution in [2.75, 3.05) is 13.7 Å². The maximum absolute atomic E-state index is 11.0. The average molecular weight is 142 g/mol. The van der Waals surface area contributed by atoms with E-state index in [2.05, 4.69) is 0 Å². The Morgan fingerprint density at radius 3 is 2.50 bits per heavy atom. The fraction of sp³-hybridized carbons (Fsp3) is 0.875. The summed E-state index contributed by atoms with van der Waals surface area (Å²) < 4.78 is 4.92. The molecule has 0 radical (unpaired) electrons. The van der Waals surface area contributed by atoms with Crippen LogP contribution < -0.4 is 0 Å². The van der Waals surface area contributed by atoms with Gasteiger partial charge in [-0.15, -0.1) is 0 Å². The van der Waals surface area contributed by atoms with Crippen LogP contribution >= 0.6 is 0 Å². The van der Waals surface area contributed by atoms with Crippen molar-refractivity contribution in [1.82, 2.24) is 0 Å². The van der Waals surface area contributed by atoms with E-state index in [-0.39, 0.29) is 5.41 Å². The molecule has 2 heteroatoms. The molecule has 1 rings (SSSR count). The van der Waals surface area contributed by atoms with Crippen molar-refractivity contribution in [1.29, 1.82) is 0 Å². The molecule has 0 unspecified atom stereocenters. The third-order valence-electron chi connectivity index (χ3n) is 2.39. The van der Waals surface area contributed by atoms with Crippen LogP contribution in [0.25, 0.3) is 0 Å². The highest BCUT2D eigenvalue weighted by atomic mass is 16.5. The summed E-state index contributed by atoms with van der Waals surface area (Å²) in [7, 11) is 1.68. The second-order valence-corrected chi connectivity index (χ2v) is 3.08. The van der Waals surface area contributed by atoms with Crippen molar-refractivity contribution < 1.29 is 9.53 Å². The van der Waals surface area contributed by atoms with Crippen LogP contribution in [0.15, 0.2) is 0 Å². The molecule has 0 aromatic rings. The normalized spacial score (nSPS) is 20.6. The number of hydrogen-bond acceptors (Lipinski definition) is 2. The van der Waals surface area contributed by atoms with Crippen LogP contribution in [-0.4, -0.2) is 19.5 Å². The van der Waals surface area contributed by atoms with Gasteiger partial charge in [-0.3, -0.25) is 4.79 Å². The Morgan fingerprint density at radius 1 is 1.60 bits per heavy atom. The minimum absolute atomic E-state index is 0.0377. The molecule has 0 bridgehead atoms. The molecule has 0 saturated heterocycles. The molecule has 10 heavy (non-hydrogen) atoms. The quantitative estimate of drug-likeness (QED) is 0.593. The van der Waals surface area contributed by atoms with Crippen molar-refractivity contribution in [3.8, 4) is 0 Å². The van der Waals surface area contributed by atoms with Crippen LogP contribution in [0, 0.1) is 5.41 Å². The predicted octanol–water partition coefficient (Wildman–Crippen LogP) is 1.39. The molecule has 1 saturated carbocycles. The average Bonchev–Trinajstić information content (AvgIpc) is 2.64. The van der Waals surface area contributed by atoms with Crippen molar-refractivity contribution in [2.24, 2.45) is 5.41 Å². The monoisotopic (exact) mass is 142 g/mol. The molecule has 1 aliphatic rings. The Labute approximate surface area is 61.6 Å². The molecule has 0 aliphatic heterocycles. The molecule has 1 fully saturated rings. The van der Waals surface area contributed by atoms with Gasteiger partial charge in [0, 0.05) is 19.1 Å². The zero-order valence-electron chi connectivity index (χ0n) is 6.64. The Hall–Kier alpha value is -0.370. The lowest BCUT2D eigenvalue weighted by atomic mass is 9.99. The highest BCUT2D eigenvalue weighted by Crippen LogP contribution is 2.49. The Balaban J connectivity index is 2.31. The highest BCUT2D eigenvalue weighted by Gasteiger charge is 2.46. The summed E-state index contributed by atoms with van der Waals surface area (Å²) in [6.07, 6.45) is 3.07. The first-order chi connectivity index (χ1) is 4.71. The molecule has 0 amide bonds. The van der Waals surface area contributed by atoms with Gasteiger partial charge in [0.2, 0.25) is 0 Å². The highest BCUT2D eigenvalue weighted by molar-refractivity contribution is 5.84. The van der Waals surface area contributed by atoms with Gasteiger partial charge >= 0.3 is 0 Å². The third kappa shape index (κ3) is 1.37. The van der Waals surface area contributed by atoms with Crippen LogP contribution in [0.5, 0.6) is 0 Å². The summed E-state index contributed by atoms with van der Waals surface area (Å²) in [4.78, 5) is 11.0. The smallest absolute Gasteiger partial charge is 0.136 e. The van der Waals surface area contributed by atoms with Crippen molar-refractivity contribution >= 4 is 5.78 Å². The number of ketones is 1. The van der Waals surface area contributed by atoms with E-state index >= 15 is 0 Å². The number of rotatable bonds is 4. The SMILES string of the molecule is COCCC1(C(C)=O)CC1. The zero-order valence-corrected chi connectivity index (χ0v) is 6.64. The van der Waals surface area contributed by atoms with E-state index in [0.717, 1.165) is 25.9 Å². The minimum Gasteiger partial charge on any atom is -0.385 e. The first kappa shape index (κ1) is 7.73. The summed E-state index contributed by atoms with van der Waals surface area (Å²) in [6, 6.07) is 0. The van der Waals surface area contributed by atoms with E-state index in [9.17, 15) is 4.79 Å². The number of carbonyl (C=O) groups is 1. The first-order valence-corrected chi connectivity index (χ1v) is 3.71. The second-order valence-electron chi connectivity index (χ2n) is 3.08. The van der Waals surface area contributed by atoms with E-state index < -0.39 is 0 Å². The van der Waals surface area contributed by atoms with E-state index in [1.165, 1.54) is 0 Å². The summed E-state index contributed by atoms with van der Waals surface area (Å²) in [5.74, 6) is 0.338. The molecule has 0 aromatic heterocycles. The van der Waals surface area contributed by atoms with Gasteiger partial charge in [0.1, 0.15) is 5.78 Å². The molecule has 0 N–H and O–H groups in total. The maximum Gasteiger partial charge on any atom is 0.136 e. The largest absolute Gasteiger partial charge is 0.385 e. The molecule has 2 nitrogen and oxygen atoms in total. The Kier molecular flexibility index (Phi) is 2.09. The van der Waals surface area contributed by atoms with Crippen LogP contribution in [0.3, 0.4) is 0 Å². The topological polar surface area (TPSA) is 26.3 Å². The van der Waals surface area contributed by atoms with Gasteiger partial charge in [-0.1, -0.05) is 0 Å². The second kappa shape index (κ2) is 2.70. The fourth-order valence-corrected chi connectivity index (χ4v) is 1.23. The minimum atomic E-state index is 0.0377. The summed E-state index contributed by atoms with van der Waals surface area (Å²) in [6.45, 7) is 2.41. The molecule has 0 heterocycles. The zero-order chi connectivity index (χ0) is 7.61. The number of methoxy groups -OCH3 is 1. The molecule has 1 aliphatic carbocycles. The van der Waals surface area contributed by atoms with E-state index in [1.54, 1.807) is 14.0 Å². The van der Waals surface area contributed by atoms with Crippen LogP contribution in [0.1, 0.15) is 26.2 Å². The van der Waals surface area contributed by atoms with Crippen LogP contribution in [0.2, 0.25) is 0 Å². The number of Topliss-reactive ketones (excluding diaryl/α,β-unsaturated/α-hetero) is 1. The number of ether oxygens (including phenoxy) is 1. The molecule has 0 spiro atoms. The first-order valence-electron chi connectivity index (χ1n) is 3.71. The van der Waals surface area contributed by atoms with Gasteiger partial charge in [0.05, 0.1) is 0 Å². The summed E-state index contributed by atoms with van der Waals surface area (Å²) >= 11 is 0. The number of carbonyl (C=O) groups excluding carboxylic acids is 1. The molecule has 58 valence electrons.